The number of hydrogen-bond donors (Lipinski definition) is 0. The van der Waals surface area contributed by atoms with E-state index in [0.29, 0.717) is 6.10 Å². The van der Waals surface area contributed by atoms with Crippen LogP contribution in [-0.2, 0) is 9.78 Å². The summed E-state index contributed by atoms with van der Waals surface area (Å²) in [7, 11) is 0. The minimum absolute atomic E-state index is 0.343. The van der Waals surface area contributed by atoms with Crippen LogP contribution in [0.5, 0.6) is 0 Å². The molecule has 1 aliphatic heterocycles. The Labute approximate surface area is 56.7 Å². The molecule has 1 aliphatic rings. The molecule has 9 heavy (non-hydrogen) atoms. The summed E-state index contributed by atoms with van der Waals surface area (Å²) in [6.07, 6.45) is 0.343. The molecule has 0 aliphatic carbocycles. The van der Waals surface area contributed by atoms with E-state index < -0.39 is 0 Å². The molecule has 0 amide bonds. The van der Waals surface area contributed by atoms with Crippen LogP contribution in [0.25, 0.3) is 0 Å². The summed E-state index contributed by atoms with van der Waals surface area (Å²) in [5, 5.41) is 0. The van der Waals surface area contributed by atoms with Crippen LogP contribution in [0, 0.1) is 0 Å². The van der Waals surface area contributed by atoms with Crippen molar-refractivity contribution in [3.05, 3.63) is 26.3 Å². The average molecular weight is 130 g/mol. The fourth-order valence-electron chi connectivity index (χ4n) is 0.204. The zero-order valence-electron chi connectivity index (χ0n) is 5.93. The normalized spacial score (nSPS) is 21.2. The van der Waals surface area contributed by atoms with Crippen LogP contribution in [0.15, 0.2) is 26.3 Å². The Kier molecular flexibility index (Phi) is 13.0. The van der Waals surface area contributed by atoms with Gasteiger partial charge in [-0.2, -0.15) is 0 Å². The summed E-state index contributed by atoms with van der Waals surface area (Å²) >= 11 is 0. The van der Waals surface area contributed by atoms with Gasteiger partial charge in [0, 0.05) is 0 Å². The molecule has 0 bridgehead atoms. The molecule has 1 rings (SSSR count). The van der Waals surface area contributed by atoms with E-state index in [0.717, 1.165) is 6.61 Å². The van der Waals surface area contributed by atoms with Crippen LogP contribution in [0.2, 0.25) is 0 Å². The van der Waals surface area contributed by atoms with Crippen molar-refractivity contribution in [1.82, 2.24) is 0 Å². The summed E-state index contributed by atoms with van der Waals surface area (Å²) in [6.45, 7) is 14.7. The predicted molar refractivity (Wildman–Crippen MR) is 39.0 cm³/mol. The van der Waals surface area contributed by atoms with Crippen molar-refractivity contribution in [1.29, 1.82) is 0 Å². The van der Waals surface area contributed by atoms with Crippen LogP contribution in [0.1, 0.15) is 6.92 Å². The van der Waals surface area contributed by atoms with Gasteiger partial charge in [-0.25, -0.2) is 9.78 Å². The maximum absolute atomic E-state index is 4.43. The van der Waals surface area contributed by atoms with Crippen molar-refractivity contribution in [2.45, 2.75) is 13.0 Å². The van der Waals surface area contributed by atoms with Crippen molar-refractivity contribution in [3.63, 3.8) is 0 Å². The first-order valence-corrected chi connectivity index (χ1v) is 2.68. The SMILES string of the molecule is C=C.C=C.CC1COO1. The van der Waals surface area contributed by atoms with Crippen LogP contribution in [-0.4, -0.2) is 12.7 Å². The maximum atomic E-state index is 4.43. The minimum atomic E-state index is 0.343. The number of hydrogen-bond acceptors (Lipinski definition) is 2. The second-order valence-electron chi connectivity index (χ2n) is 1.19. The third-order valence-electron chi connectivity index (χ3n) is 0.535. The molecule has 1 heterocycles. The molecule has 0 N–H and O–H groups in total. The molecule has 0 aromatic heterocycles. The van der Waals surface area contributed by atoms with E-state index in [9.17, 15) is 0 Å². The predicted octanol–water partition coefficient (Wildman–Crippen LogP) is 1.94. The van der Waals surface area contributed by atoms with Crippen molar-refractivity contribution in [2.24, 2.45) is 0 Å². The van der Waals surface area contributed by atoms with E-state index in [1.54, 1.807) is 0 Å². The Morgan fingerprint density at radius 1 is 1.22 bits per heavy atom. The lowest BCUT2D eigenvalue weighted by Crippen LogP contribution is -2.26. The van der Waals surface area contributed by atoms with Gasteiger partial charge in [0.1, 0.15) is 12.7 Å². The Bertz CT molecular complexity index is 48.9. The zero-order chi connectivity index (χ0) is 7.70. The molecule has 2 nitrogen and oxygen atoms in total. The molecule has 0 aromatic rings. The van der Waals surface area contributed by atoms with Crippen molar-refractivity contribution < 1.29 is 9.78 Å². The molecular formula is C7H14O2. The highest BCUT2D eigenvalue weighted by Gasteiger charge is 2.11. The summed E-state index contributed by atoms with van der Waals surface area (Å²) in [5.41, 5.74) is 0. The van der Waals surface area contributed by atoms with Crippen LogP contribution in [0.4, 0.5) is 0 Å². The number of rotatable bonds is 0. The molecule has 1 atom stereocenters. The zero-order valence-corrected chi connectivity index (χ0v) is 5.93. The second kappa shape index (κ2) is 10.4. The molecule has 1 unspecified atom stereocenters. The molecule has 0 aromatic carbocycles. The standard InChI is InChI=1S/C3H6O2.2C2H4/c1-3-2-4-5-3;2*1-2/h3H,2H2,1H3;2*1-2H2. The van der Waals surface area contributed by atoms with Gasteiger partial charge >= 0.3 is 0 Å². The van der Waals surface area contributed by atoms with E-state index in [-0.39, 0.29) is 0 Å². The summed E-state index contributed by atoms with van der Waals surface area (Å²) in [5.74, 6) is 0. The van der Waals surface area contributed by atoms with Gasteiger partial charge in [0.2, 0.25) is 0 Å². The largest absolute Gasteiger partial charge is 0.234 e. The summed E-state index contributed by atoms with van der Waals surface area (Å²) < 4.78 is 0. The fourth-order valence-corrected chi connectivity index (χ4v) is 0.204. The average Bonchev–Trinajstić information content (AvgIpc) is 1.93. The van der Waals surface area contributed by atoms with E-state index >= 15 is 0 Å². The van der Waals surface area contributed by atoms with Gasteiger partial charge in [-0.1, -0.05) is 0 Å². The molecule has 0 radical (unpaired) electrons. The summed E-state index contributed by atoms with van der Waals surface area (Å²) in [4.78, 5) is 8.77. The summed E-state index contributed by atoms with van der Waals surface area (Å²) in [6, 6.07) is 0. The highest BCUT2D eigenvalue weighted by molar-refractivity contribution is 4.45. The first-order valence-electron chi connectivity index (χ1n) is 2.68. The molecule has 54 valence electrons. The van der Waals surface area contributed by atoms with E-state index in [1.807, 2.05) is 6.92 Å². The van der Waals surface area contributed by atoms with Gasteiger partial charge in [0.25, 0.3) is 0 Å². The van der Waals surface area contributed by atoms with Gasteiger partial charge < -0.3 is 0 Å². The van der Waals surface area contributed by atoms with Gasteiger partial charge in [-0.05, 0) is 6.92 Å². The highest BCUT2D eigenvalue weighted by atomic mass is 17.2. The lowest BCUT2D eigenvalue weighted by molar-refractivity contribution is -0.419. The molecule has 0 saturated carbocycles. The monoisotopic (exact) mass is 130 g/mol. The van der Waals surface area contributed by atoms with E-state index in [2.05, 4.69) is 36.1 Å². The van der Waals surface area contributed by atoms with Gasteiger partial charge in [0.05, 0.1) is 0 Å². The van der Waals surface area contributed by atoms with Crippen molar-refractivity contribution in [2.75, 3.05) is 6.61 Å². The van der Waals surface area contributed by atoms with Gasteiger partial charge in [-0.3, -0.25) is 0 Å². The Hall–Kier alpha value is -0.600. The van der Waals surface area contributed by atoms with E-state index in [1.165, 1.54) is 0 Å². The van der Waals surface area contributed by atoms with Crippen LogP contribution < -0.4 is 0 Å². The van der Waals surface area contributed by atoms with Gasteiger partial charge in [0.15, 0.2) is 0 Å². The lowest BCUT2D eigenvalue weighted by Gasteiger charge is -2.18. The third kappa shape index (κ3) is 7.40. The second-order valence-corrected chi connectivity index (χ2v) is 1.19. The third-order valence-corrected chi connectivity index (χ3v) is 0.535. The quantitative estimate of drug-likeness (QED) is 0.368. The fraction of sp³-hybridized carbons (Fsp3) is 0.429. The molecule has 1 fully saturated rings. The van der Waals surface area contributed by atoms with Gasteiger partial charge in [-0.15, -0.1) is 26.3 Å². The first-order chi connectivity index (χ1) is 4.39. The first kappa shape index (κ1) is 11.2. The Balaban J connectivity index is 0. The van der Waals surface area contributed by atoms with Crippen molar-refractivity contribution in [3.8, 4) is 0 Å². The van der Waals surface area contributed by atoms with Crippen LogP contribution in [0.3, 0.4) is 0 Å². The highest BCUT2D eigenvalue weighted by Crippen LogP contribution is 2.02. The minimum Gasteiger partial charge on any atom is -0.234 e. The molecule has 2 heteroatoms. The molecule has 0 spiro atoms. The molecular weight excluding hydrogens is 116 g/mol. The van der Waals surface area contributed by atoms with E-state index in [4.69, 9.17) is 0 Å². The topological polar surface area (TPSA) is 18.5 Å². The Morgan fingerprint density at radius 3 is 1.44 bits per heavy atom. The molecule has 1 saturated heterocycles. The smallest absolute Gasteiger partial charge is 0.117 e. The van der Waals surface area contributed by atoms with Crippen molar-refractivity contribution >= 4 is 0 Å². The maximum Gasteiger partial charge on any atom is 0.117 e. The van der Waals surface area contributed by atoms with Crippen LogP contribution >= 0.6 is 0 Å². The lowest BCUT2D eigenvalue weighted by atomic mass is 10.4. The Morgan fingerprint density at radius 2 is 1.44 bits per heavy atom.